The zero-order valence-corrected chi connectivity index (χ0v) is 13.1. The molecular formula is C15H19NO5S. The molecule has 1 unspecified atom stereocenters. The summed E-state index contributed by atoms with van der Waals surface area (Å²) in [6.45, 7) is 1.92. The Morgan fingerprint density at radius 1 is 1.36 bits per heavy atom. The van der Waals surface area contributed by atoms with Gasteiger partial charge in [0.05, 0.1) is 5.92 Å². The molecule has 7 heteroatoms. The van der Waals surface area contributed by atoms with Crippen LogP contribution in [0.1, 0.15) is 18.9 Å². The lowest BCUT2D eigenvalue weighted by atomic mass is 9.99. The number of ether oxygens (including phenoxy) is 2. The molecule has 0 saturated carbocycles. The number of nitrogens with one attached hydrogen (secondary N) is 1. The quantitative estimate of drug-likeness (QED) is 0.661. The summed E-state index contributed by atoms with van der Waals surface area (Å²) in [6, 6.07) is 4.63. The van der Waals surface area contributed by atoms with Crippen molar-refractivity contribution in [3.05, 3.63) is 23.8 Å². The number of carboxylic acids is 1. The molecular weight excluding hydrogens is 306 g/mol. The Bertz CT molecular complexity index is 563. The van der Waals surface area contributed by atoms with Gasteiger partial charge in [-0.3, -0.25) is 4.79 Å². The standard InChI is InChI=1S/C15H19NO5S/c1-2-11(15(18)19)16-14(17)10(7-22)5-9-3-4-12-13(6-9)21-8-20-12/h3-4,6,10-11,22H,2,5,7-8H2,1H3,(H,16,17)(H,18,19)/t10?,11-/m0/s1. The van der Waals surface area contributed by atoms with Crippen molar-refractivity contribution in [1.29, 1.82) is 0 Å². The van der Waals surface area contributed by atoms with Crippen LogP contribution in [-0.4, -0.2) is 35.6 Å². The van der Waals surface area contributed by atoms with E-state index in [1.807, 2.05) is 12.1 Å². The molecule has 1 heterocycles. The van der Waals surface area contributed by atoms with E-state index in [2.05, 4.69) is 17.9 Å². The Morgan fingerprint density at radius 3 is 2.73 bits per heavy atom. The first kappa shape index (κ1) is 16.5. The molecule has 2 rings (SSSR count). The minimum atomic E-state index is -1.03. The van der Waals surface area contributed by atoms with E-state index in [1.54, 1.807) is 13.0 Å². The fraction of sp³-hybridized carbons (Fsp3) is 0.467. The van der Waals surface area contributed by atoms with Crippen molar-refractivity contribution in [2.75, 3.05) is 12.5 Å². The highest BCUT2D eigenvalue weighted by molar-refractivity contribution is 7.80. The van der Waals surface area contributed by atoms with Gasteiger partial charge in [0.15, 0.2) is 11.5 Å². The Balaban J connectivity index is 2.02. The normalized spacial score (nSPS) is 15.2. The summed E-state index contributed by atoms with van der Waals surface area (Å²) in [5, 5.41) is 11.6. The molecule has 2 N–H and O–H groups in total. The van der Waals surface area contributed by atoms with Gasteiger partial charge in [0.2, 0.25) is 12.7 Å². The average Bonchev–Trinajstić information content (AvgIpc) is 2.97. The summed E-state index contributed by atoms with van der Waals surface area (Å²) in [4.78, 5) is 23.2. The number of thiol groups is 1. The third-order valence-corrected chi connectivity index (χ3v) is 3.97. The number of fused-ring (bicyclic) bond motifs is 1. The fourth-order valence-electron chi connectivity index (χ4n) is 2.22. The molecule has 0 aromatic heterocycles. The van der Waals surface area contributed by atoms with Gasteiger partial charge in [-0.2, -0.15) is 12.6 Å². The van der Waals surface area contributed by atoms with Gasteiger partial charge >= 0.3 is 5.97 Å². The number of carboxylic acid groups (broad SMARTS) is 1. The summed E-state index contributed by atoms with van der Waals surface area (Å²) >= 11 is 4.21. The zero-order valence-electron chi connectivity index (χ0n) is 12.2. The maximum Gasteiger partial charge on any atom is 0.326 e. The number of carbonyl (C=O) groups excluding carboxylic acids is 1. The summed E-state index contributed by atoms with van der Waals surface area (Å²) in [6.07, 6.45) is 0.798. The van der Waals surface area contributed by atoms with Crippen LogP contribution in [-0.2, 0) is 16.0 Å². The van der Waals surface area contributed by atoms with Crippen LogP contribution in [0.4, 0.5) is 0 Å². The molecule has 0 aliphatic carbocycles. The molecule has 0 fully saturated rings. The van der Waals surface area contributed by atoms with Gasteiger partial charge in [0, 0.05) is 5.75 Å². The van der Waals surface area contributed by atoms with Crippen molar-refractivity contribution in [2.45, 2.75) is 25.8 Å². The van der Waals surface area contributed by atoms with Crippen molar-refractivity contribution < 1.29 is 24.2 Å². The molecule has 1 aliphatic rings. The fourth-order valence-corrected chi connectivity index (χ4v) is 2.52. The summed E-state index contributed by atoms with van der Waals surface area (Å²) in [7, 11) is 0. The lowest BCUT2D eigenvalue weighted by Crippen LogP contribution is -2.44. The van der Waals surface area contributed by atoms with E-state index in [0.29, 0.717) is 30.1 Å². The van der Waals surface area contributed by atoms with Crippen LogP contribution < -0.4 is 14.8 Å². The van der Waals surface area contributed by atoms with Crippen molar-refractivity contribution in [3.8, 4) is 11.5 Å². The molecule has 0 radical (unpaired) electrons. The number of rotatable bonds is 7. The van der Waals surface area contributed by atoms with Crippen LogP contribution in [0, 0.1) is 5.92 Å². The first-order valence-corrected chi connectivity index (χ1v) is 7.71. The molecule has 0 saturated heterocycles. The number of aliphatic carboxylic acids is 1. The van der Waals surface area contributed by atoms with Gasteiger partial charge in [-0.25, -0.2) is 4.79 Å². The van der Waals surface area contributed by atoms with E-state index < -0.39 is 17.9 Å². The Morgan fingerprint density at radius 2 is 2.09 bits per heavy atom. The highest BCUT2D eigenvalue weighted by Crippen LogP contribution is 2.33. The minimum absolute atomic E-state index is 0.200. The van der Waals surface area contributed by atoms with Gasteiger partial charge in [-0.1, -0.05) is 13.0 Å². The van der Waals surface area contributed by atoms with Crippen molar-refractivity contribution in [2.24, 2.45) is 5.92 Å². The third-order valence-electron chi connectivity index (χ3n) is 3.53. The predicted molar refractivity (Wildman–Crippen MR) is 83.5 cm³/mol. The topological polar surface area (TPSA) is 84.9 Å². The largest absolute Gasteiger partial charge is 0.480 e. The lowest BCUT2D eigenvalue weighted by Gasteiger charge is -2.18. The summed E-state index contributed by atoms with van der Waals surface area (Å²) in [5.41, 5.74) is 0.918. The molecule has 1 aromatic rings. The number of hydrogen-bond acceptors (Lipinski definition) is 5. The van der Waals surface area contributed by atoms with E-state index in [1.165, 1.54) is 0 Å². The smallest absolute Gasteiger partial charge is 0.326 e. The van der Waals surface area contributed by atoms with Gasteiger partial charge in [0.25, 0.3) is 0 Å². The van der Waals surface area contributed by atoms with Crippen LogP contribution in [0.15, 0.2) is 18.2 Å². The highest BCUT2D eigenvalue weighted by Gasteiger charge is 2.24. The molecule has 120 valence electrons. The number of hydrogen-bond donors (Lipinski definition) is 3. The summed E-state index contributed by atoms with van der Waals surface area (Å²) < 4.78 is 10.6. The predicted octanol–water partition coefficient (Wildman–Crippen LogP) is 1.48. The van der Waals surface area contributed by atoms with Crippen LogP contribution in [0.2, 0.25) is 0 Å². The molecule has 1 amide bonds. The second-order valence-corrected chi connectivity index (χ2v) is 5.44. The maximum atomic E-state index is 12.2. The van der Waals surface area contributed by atoms with Crippen molar-refractivity contribution in [1.82, 2.24) is 5.32 Å². The molecule has 0 bridgehead atoms. The SMILES string of the molecule is CC[C@H](NC(=O)C(CS)Cc1ccc2c(c1)OCO2)C(=O)O. The second kappa shape index (κ2) is 7.40. The molecule has 1 aromatic carbocycles. The van der Waals surface area contributed by atoms with Crippen molar-refractivity contribution >= 4 is 24.5 Å². The van der Waals surface area contributed by atoms with Gasteiger partial charge in [-0.15, -0.1) is 0 Å². The van der Waals surface area contributed by atoms with E-state index in [-0.39, 0.29) is 12.7 Å². The van der Waals surface area contributed by atoms with E-state index in [9.17, 15) is 9.59 Å². The Labute approximate surface area is 134 Å². The average molecular weight is 325 g/mol. The molecule has 1 aliphatic heterocycles. The van der Waals surface area contributed by atoms with Crippen molar-refractivity contribution in [3.63, 3.8) is 0 Å². The summed E-state index contributed by atoms with van der Waals surface area (Å²) in [5.74, 6) is -0.0627. The third kappa shape index (κ3) is 3.85. The maximum absolute atomic E-state index is 12.2. The molecule has 2 atom stereocenters. The number of carbonyl (C=O) groups is 2. The minimum Gasteiger partial charge on any atom is -0.480 e. The lowest BCUT2D eigenvalue weighted by molar-refractivity contribution is -0.142. The number of amides is 1. The molecule has 22 heavy (non-hydrogen) atoms. The van der Waals surface area contributed by atoms with Crippen LogP contribution in [0.25, 0.3) is 0 Å². The van der Waals surface area contributed by atoms with Crippen LogP contribution in [0.5, 0.6) is 11.5 Å². The Hall–Kier alpha value is -1.89. The van der Waals surface area contributed by atoms with E-state index in [4.69, 9.17) is 14.6 Å². The second-order valence-electron chi connectivity index (χ2n) is 5.08. The first-order valence-electron chi connectivity index (χ1n) is 7.07. The van der Waals surface area contributed by atoms with Gasteiger partial charge in [0.1, 0.15) is 6.04 Å². The number of benzene rings is 1. The van der Waals surface area contributed by atoms with Crippen LogP contribution >= 0.6 is 12.6 Å². The van der Waals surface area contributed by atoms with Gasteiger partial charge < -0.3 is 19.9 Å². The van der Waals surface area contributed by atoms with E-state index >= 15 is 0 Å². The zero-order chi connectivity index (χ0) is 16.1. The Kier molecular flexibility index (Phi) is 5.54. The molecule has 0 spiro atoms. The van der Waals surface area contributed by atoms with Gasteiger partial charge in [-0.05, 0) is 30.5 Å². The van der Waals surface area contributed by atoms with E-state index in [0.717, 1.165) is 5.56 Å². The monoisotopic (exact) mass is 325 g/mol. The first-order chi connectivity index (χ1) is 10.5. The molecule has 6 nitrogen and oxygen atoms in total. The van der Waals surface area contributed by atoms with Crippen LogP contribution in [0.3, 0.4) is 0 Å². The highest BCUT2D eigenvalue weighted by atomic mass is 32.1.